The predicted molar refractivity (Wildman–Crippen MR) is 107 cm³/mol. The van der Waals surface area contributed by atoms with Gasteiger partial charge in [-0.05, 0) is 23.6 Å². The van der Waals surface area contributed by atoms with Crippen molar-refractivity contribution >= 4 is 34.3 Å². The first kappa shape index (κ1) is 24.3. The number of aromatic nitrogens is 1. The van der Waals surface area contributed by atoms with Gasteiger partial charge in [0.25, 0.3) is 11.8 Å². The number of carbonyl (C=O) groups is 3. The molecule has 9 nitrogen and oxygen atoms in total. The Morgan fingerprint density at radius 2 is 1.77 bits per heavy atom. The monoisotopic (exact) mass is 457 g/mol. The van der Waals surface area contributed by atoms with Crippen molar-refractivity contribution in [1.82, 2.24) is 10.3 Å². The molecule has 0 aliphatic rings. The van der Waals surface area contributed by atoms with Crippen LogP contribution in [0.2, 0.25) is 0 Å². The first-order valence-electron chi connectivity index (χ1n) is 9.01. The fraction of sp³-hybridized carbons (Fsp3) is 0.368. The van der Waals surface area contributed by atoms with E-state index in [1.165, 1.54) is 7.11 Å². The first-order valence-corrected chi connectivity index (χ1v) is 9.83. The lowest BCUT2D eigenvalue weighted by atomic mass is 10.1. The number of aliphatic hydroxyl groups excluding tert-OH is 1. The summed E-state index contributed by atoms with van der Waals surface area (Å²) in [5.74, 6) is -5.22. The maximum absolute atomic E-state index is 13.3. The SMILES string of the molecule is COC[C@H](NC(=O)[C@@H](O)c1cc(F)cc(F)c1)C(=O)Nc1nc(C(=O)O)c(C(C)C)s1. The maximum Gasteiger partial charge on any atom is 0.355 e. The number of thiazole rings is 1. The molecule has 0 bridgehead atoms. The molecule has 2 rings (SSSR count). The molecule has 1 heterocycles. The van der Waals surface area contributed by atoms with Crippen molar-refractivity contribution < 1.29 is 38.1 Å². The third-order valence-electron chi connectivity index (χ3n) is 4.03. The van der Waals surface area contributed by atoms with Crippen LogP contribution in [0.4, 0.5) is 13.9 Å². The standard InChI is InChI=1S/C19H21F2N3O6S/c1-8(2)15-13(18(28)29)23-19(31-15)24-16(26)12(7-30-3)22-17(27)14(25)9-4-10(20)6-11(21)5-9/h4-6,8,12,14,25H,7H2,1-3H3,(H,22,27)(H,28,29)(H,23,24,26)/t12-,14-/m0/s1. The Morgan fingerprint density at radius 3 is 2.26 bits per heavy atom. The highest BCUT2D eigenvalue weighted by molar-refractivity contribution is 7.16. The highest BCUT2D eigenvalue weighted by Crippen LogP contribution is 2.30. The molecule has 31 heavy (non-hydrogen) atoms. The first-order chi connectivity index (χ1) is 14.5. The maximum atomic E-state index is 13.3. The summed E-state index contributed by atoms with van der Waals surface area (Å²) in [6.07, 6.45) is -1.94. The average Bonchev–Trinajstić information content (AvgIpc) is 3.10. The fourth-order valence-corrected chi connectivity index (χ4v) is 3.57. The number of amides is 2. The zero-order valence-electron chi connectivity index (χ0n) is 16.8. The molecule has 4 N–H and O–H groups in total. The Morgan fingerprint density at radius 1 is 1.16 bits per heavy atom. The van der Waals surface area contributed by atoms with Gasteiger partial charge in [-0.3, -0.25) is 9.59 Å². The number of benzene rings is 1. The molecule has 168 valence electrons. The van der Waals surface area contributed by atoms with Crippen molar-refractivity contribution in [3.63, 3.8) is 0 Å². The van der Waals surface area contributed by atoms with Gasteiger partial charge in [0.15, 0.2) is 16.9 Å². The summed E-state index contributed by atoms with van der Waals surface area (Å²) in [7, 11) is 1.27. The smallest absolute Gasteiger partial charge is 0.355 e. The fourth-order valence-electron chi connectivity index (χ4n) is 2.61. The summed E-state index contributed by atoms with van der Waals surface area (Å²) in [4.78, 5) is 40.6. The number of carbonyl (C=O) groups excluding carboxylic acids is 2. The number of rotatable bonds is 9. The van der Waals surface area contributed by atoms with E-state index in [0.717, 1.165) is 23.5 Å². The van der Waals surface area contributed by atoms with Crippen LogP contribution in [0.3, 0.4) is 0 Å². The van der Waals surface area contributed by atoms with E-state index in [1.807, 2.05) is 0 Å². The molecular formula is C19H21F2N3O6S. The highest BCUT2D eigenvalue weighted by Gasteiger charge is 2.28. The Bertz CT molecular complexity index is 961. The molecule has 2 atom stereocenters. The molecule has 2 aromatic rings. The Balaban J connectivity index is 2.16. The molecule has 0 saturated heterocycles. The molecule has 0 saturated carbocycles. The van der Waals surface area contributed by atoms with E-state index < -0.39 is 41.6 Å². The normalized spacial score (nSPS) is 13.0. The van der Waals surface area contributed by atoms with Gasteiger partial charge in [0, 0.05) is 18.1 Å². The van der Waals surface area contributed by atoms with Crippen molar-refractivity contribution in [3.8, 4) is 0 Å². The van der Waals surface area contributed by atoms with Crippen LogP contribution in [-0.2, 0) is 14.3 Å². The zero-order valence-corrected chi connectivity index (χ0v) is 17.6. The van der Waals surface area contributed by atoms with Gasteiger partial charge < -0.3 is 25.6 Å². The number of halogens is 2. The van der Waals surface area contributed by atoms with Crippen LogP contribution in [0.1, 0.15) is 46.8 Å². The number of carboxylic acid groups (broad SMARTS) is 1. The van der Waals surface area contributed by atoms with Crippen LogP contribution in [-0.4, -0.2) is 52.7 Å². The lowest BCUT2D eigenvalue weighted by molar-refractivity contribution is -0.133. The summed E-state index contributed by atoms with van der Waals surface area (Å²) in [5, 5.41) is 24.0. The molecule has 0 unspecified atom stereocenters. The lowest BCUT2D eigenvalue weighted by Gasteiger charge is -2.19. The second-order valence-corrected chi connectivity index (χ2v) is 7.83. The molecule has 0 spiro atoms. The van der Waals surface area contributed by atoms with Crippen molar-refractivity contribution in [2.45, 2.75) is 31.9 Å². The van der Waals surface area contributed by atoms with E-state index in [2.05, 4.69) is 15.6 Å². The Labute approximate surface area is 180 Å². The molecule has 12 heteroatoms. The summed E-state index contributed by atoms with van der Waals surface area (Å²) in [6, 6.07) is 0.856. The molecule has 2 amide bonds. The van der Waals surface area contributed by atoms with Crippen LogP contribution in [0.15, 0.2) is 18.2 Å². The number of methoxy groups -OCH3 is 1. The molecule has 0 fully saturated rings. The van der Waals surface area contributed by atoms with Gasteiger partial charge in [-0.1, -0.05) is 13.8 Å². The number of nitrogens with zero attached hydrogens (tertiary/aromatic N) is 1. The van der Waals surface area contributed by atoms with Crippen LogP contribution in [0.25, 0.3) is 0 Å². The second-order valence-electron chi connectivity index (χ2n) is 6.80. The lowest BCUT2D eigenvalue weighted by Crippen LogP contribution is -2.48. The number of nitrogens with one attached hydrogen (secondary N) is 2. The number of hydrogen-bond donors (Lipinski definition) is 4. The number of aliphatic hydroxyl groups is 1. The van der Waals surface area contributed by atoms with E-state index >= 15 is 0 Å². The van der Waals surface area contributed by atoms with E-state index in [9.17, 15) is 33.4 Å². The van der Waals surface area contributed by atoms with Gasteiger partial charge in [-0.15, -0.1) is 11.3 Å². The van der Waals surface area contributed by atoms with Crippen LogP contribution < -0.4 is 10.6 Å². The van der Waals surface area contributed by atoms with Crippen molar-refractivity contribution in [1.29, 1.82) is 0 Å². The van der Waals surface area contributed by atoms with Crippen molar-refractivity contribution in [2.75, 3.05) is 19.0 Å². The third kappa shape index (κ3) is 6.26. The van der Waals surface area contributed by atoms with Gasteiger partial charge in [-0.25, -0.2) is 18.6 Å². The van der Waals surface area contributed by atoms with Crippen LogP contribution in [0, 0.1) is 11.6 Å². The quantitative estimate of drug-likeness (QED) is 0.452. The molecule has 1 aromatic carbocycles. The van der Waals surface area contributed by atoms with Gasteiger partial charge in [-0.2, -0.15) is 0 Å². The minimum Gasteiger partial charge on any atom is -0.476 e. The van der Waals surface area contributed by atoms with Crippen LogP contribution >= 0.6 is 11.3 Å². The summed E-state index contributed by atoms with van der Waals surface area (Å²) in [5.41, 5.74) is -0.523. The average molecular weight is 457 g/mol. The van der Waals surface area contributed by atoms with Gasteiger partial charge in [0.1, 0.15) is 17.7 Å². The molecule has 1 aromatic heterocycles. The minimum absolute atomic E-state index is 0.00852. The van der Waals surface area contributed by atoms with Crippen molar-refractivity contribution in [2.24, 2.45) is 0 Å². The number of carboxylic acids is 1. The summed E-state index contributed by atoms with van der Waals surface area (Å²) in [6.45, 7) is 3.25. The van der Waals surface area contributed by atoms with Gasteiger partial charge in [0.2, 0.25) is 0 Å². The zero-order chi connectivity index (χ0) is 23.3. The van der Waals surface area contributed by atoms with Crippen molar-refractivity contribution in [3.05, 3.63) is 46.0 Å². The van der Waals surface area contributed by atoms with Crippen LogP contribution in [0.5, 0.6) is 0 Å². The van der Waals surface area contributed by atoms with E-state index in [1.54, 1.807) is 13.8 Å². The topological polar surface area (TPSA) is 138 Å². The third-order valence-corrected chi connectivity index (χ3v) is 5.30. The number of hydrogen-bond acceptors (Lipinski definition) is 7. The molecule has 0 aliphatic carbocycles. The van der Waals surface area contributed by atoms with E-state index in [4.69, 9.17) is 4.74 Å². The van der Waals surface area contributed by atoms with Gasteiger partial charge in [0.05, 0.1) is 6.61 Å². The molecule has 0 aliphatic heterocycles. The number of ether oxygens (including phenoxy) is 1. The summed E-state index contributed by atoms with van der Waals surface area (Å²) < 4.78 is 31.6. The molecular weight excluding hydrogens is 436 g/mol. The second kappa shape index (κ2) is 10.4. The van der Waals surface area contributed by atoms with Gasteiger partial charge >= 0.3 is 5.97 Å². The van der Waals surface area contributed by atoms with E-state index in [0.29, 0.717) is 10.9 Å². The Kier molecular flexibility index (Phi) is 8.14. The molecule has 0 radical (unpaired) electrons. The summed E-state index contributed by atoms with van der Waals surface area (Å²) >= 11 is 0.975. The minimum atomic E-state index is -1.94. The van der Waals surface area contributed by atoms with E-state index in [-0.39, 0.29) is 28.9 Å². The number of aromatic carboxylic acids is 1. The highest BCUT2D eigenvalue weighted by atomic mass is 32.1. The Hall–Kier alpha value is -2.96. The predicted octanol–water partition coefficient (Wildman–Crippen LogP) is 2.05. The largest absolute Gasteiger partial charge is 0.476 e. The number of anilines is 1.